The maximum Gasteiger partial charge on any atom is 0.461 e. The lowest BCUT2D eigenvalue weighted by molar-refractivity contribution is -0.141. The summed E-state index contributed by atoms with van der Waals surface area (Å²) in [6.45, 7) is 8.66. The molecule has 0 aliphatic rings. The second kappa shape index (κ2) is 36.4. The van der Waals surface area contributed by atoms with Crippen molar-refractivity contribution in [2.45, 2.75) is 258 Å². The van der Waals surface area contributed by atoms with Crippen LogP contribution in [-0.4, -0.2) is 20.5 Å². The van der Waals surface area contributed by atoms with Crippen LogP contribution in [0.2, 0.25) is 12.6 Å². The smallest absolute Gasteiger partial charge is 0.461 e. The van der Waals surface area contributed by atoms with E-state index in [2.05, 4.69) is 20.8 Å². The van der Waals surface area contributed by atoms with E-state index in [9.17, 15) is 9.59 Å². The average Bonchev–Trinajstić information content (AvgIpc) is 3.04. The van der Waals surface area contributed by atoms with Crippen LogP contribution in [0.3, 0.4) is 0 Å². The van der Waals surface area contributed by atoms with Gasteiger partial charge in [-0.2, -0.15) is 0 Å². The summed E-state index contributed by atoms with van der Waals surface area (Å²) in [6.07, 6.45) is 43.4. The van der Waals surface area contributed by atoms with Crippen LogP contribution in [0.25, 0.3) is 0 Å². The van der Waals surface area contributed by atoms with E-state index < -0.39 is 8.56 Å². The summed E-state index contributed by atoms with van der Waals surface area (Å²) in [6, 6.07) is 0.718. The fourth-order valence-electron chi connectivity index (χ4n) is 6.68. The maximum atomic E-state index is 12.7. The monoisotopic (exact) mass is 681 g/mol. The summed E-state index contributed by atoms with van der Waals surface area (Å²) >= 11 is 0. The second-order valence-electron chi connectivity index (χ2n) is 14.9. The second-order valence-corrected chi connectivity index (χ2v) is 18.1. The first-order chi connectivity index (χ1) is 23.0. The Hall–Kier alpha value is -0.843. The zero-order chi connectivity index (χ0) is 34.5. The Morgan fingerprint density at radius 2 is 0.553 bits per heavy atom. The van der Waals surface area contributed by atoms with Crippen LogP contribution in [0.5, 0.6) is 0 Å². The molecule has 0 N–H and O–H groups in total. The Morgan fingerprint density at radius 3 is 0.809 bits per heavy atom. The average molecular weight is 681 g/mol. The van der Waals surface area contributed by atoms with Gasteiger partial charge in [0.1, 0.15) is 0 Å². The van der Waals surface area contributed by atoms with E-state index in [-0.39, 0.29) is 11.9 Å². The molecule has 47 heavy (non-hydrogen) atoms. The maximum absolute atomic E-state index is 12.7. The molecule has 0 amide bonds. The van der Waals surface area contributed by atoms with Gasteiger partial charge in [0.15, 0.2) is 0 Å². The van der Waals surface area contributed by atoms with E-state index in [0.717, 1.165) is 51.0 Å². The van der Waals surface area contributed by atoms with E-state index in [4.69, 9.17) is 8.85 Å². The largest absolute Gasteiger partial charge is 0.485 e. The highest BCUT2D eigenvalue weighted by molar-refractivity contribution is 6.69. The van der Waals surface area contributed by atoms with Gasteiger partial charge in [-0.05, 0) is 19.3 Å². The van der Waals surface area contributed by atoms with Crippen LogP contribution in [0.15, 0.2) is 0 Å². The molecule has 0 saturated heterocycles. The fourth-order valence-corrected chi connectivity index (χ4v) is 8.99. The van der Waals surface area contributed by atoms with Crippen molar-refractivity contribution in [2.75, 3.05) is 0 Å². The molecule has 0 unspecified atom stereocenters. The van der Waals surface area contributed by atoms with Gasteiger partial charge in [0.25, 0.3) is 11.9 Å². The first-order valence-electron chi connectivity index (χ1n) is 21.4. The van der Waals surface area contributed by atoms with Crippen LogP contribution >= 0.6 is 0 Å². The predicted molar refractivity (Wildman–Crippen MR) is 207 cm³/mol. The Morgan fingerprint density at radius 1 is 0.340 bits per heavy atom. The molecular formula is C42H84O4Si. The molecule has 4 nitrogen and oxygen atoms in total. The minimum absolute atomic E-state index is 0.162. The Balaban J connectivity index is 3.92. The third kappa shape index (κ3) is 34.8. The van der Waals surface area contributed by atoms with Crippen molar-refractivity contribution >= 4 is 20.5 Å². The number of hydrogen-bond donors (Lipinski definition) is 0. The first kappa shape index (κ1) is 46.2. The van der Waals surface area contributed by atoms with Crippen LogP contribution in [0.4, 0.5) is 0 Å². The third-order valence-corrected chi connectivity index (χ3v) is 12.4. The van der Waals surface area contributed by atoms with E-state index in [1.165, 1.54) is 167 Å². The molecule has 280 valence electrons. The molecule has 0 spiro atoms. The van der Waals surface area contributed by atoms with Crippen molar-refractivity contribution in [3.8, 4) is 0 Å². The van der Waals surface area contributed by atoms with Crippen LogP contribution in [-0.2, 0) is 18.4 Å². The summed E-state index contributed by atoms with van der Waals surface area (Å²) in [4.78, 5) is 25.5. The molecule has 0 bridgehead atoms. The van der Waals surface area contributed by atoms with Crippen LogP contribution in [0, 0.1) is 0 Å². The van der Waals surface area contributed by atoms with Gasteiger partial charge >= 0.3 is 8.56 Å². The van der Waals surface area contributed by atoms with E-state index in [1.54, 1.807) is 0 Å². The zero-order valence-electron chi connectivity index (χ0n) is 32.6. The van der Waals surface area contributed by atoms with Crippen molar-refractivity contribution in [1.29, 1.82) is 0 Å². The Kier molecular flexibility index (Phi) is 35.8. The van der Waals surface area contributed by atoms with Gasteiger partial charge in [-0.1, -0.05) is 213 Å². The molecule has 0 saturated carbocycles. The molecule has 0 radical (unpaired) electrons. The number of rotatable bonds is 38. The van der Waals surface area contributed by atoms with Gasteiger partial charge in [-0.25, -0.2) is 0 Å². The lowest BCUT2D eigenvalue weighted by Gasteiger charge is -2.26. The fraction of sp³-hybridized carbons (Fsp3) is 0.952. The first-order valence-corrected chi connectivity index (χ1v) is 23.9. The normalized spacial score (nSPS) is 11.7. The van der Waals surface area contributed by atoms with Gasteiger partial charge in [-0.3, -0.25) is 9.59 Å². The Labute approximate surface area is 296 Å². The van der Waals surface area contributed by atoms with Crippen molar-refractivity contribution in [3.05, 3.63) is 0 Å². The van der Waals surface area contributed by atoms with E-state index in [1.807, 2.05) is 6.55 Å². The van der Waals surface area contributed by atoms with Crippen LogP contribution < -0.4 is 0 Å². The number of carbonyl (C=O) groups excluding carboxylic acids is 2. The number of hydrogen-bond acceptors (Lipinski definition) is 4. The van der Waals surface area contributed by atoms with E-state index >= 15 is 0 Å². The summed E-state index contributed by atoms with van der Waals surface area (Å²) < 4.78 is 11.9. The highest BCUT2D eigenvalue weighted by Gasteiger charge is 2.38. The predicted octanol–water partition coefficient (Wildman–Crippen LogP) is 14.9. The molecule has 0 heterocycles. The molecule has 0 aromatic carbocycles. The van der Waals surface area contributed by atoms with Gasteiger partial charge in [-0.15, -0.1) is 0 Å². The standard InChI is InChI=1S/C42H84O4Si/c1-5-8-11-13-15-17-19-21-23-25-27-29-31-33-35-38-41(43)45-47(4,40-37-10-7-3)46-42(44)39-36-34-32-30-28-26-24-22-20-18-16-14-12-9-6-2/h5-40H2,1-4H3. The molecule has 0 aromatic rings. The van der Waals surface area contributed by atoms with E-state index in [0.29, 0.717) is 12.8 Å². The summed E-state index contributed by atoms with van der Waals surface area (Å²) in [5.41, 5.74) is 0. The van der Waals surface area contributed by atoms with Crippen LogP contribution in [0.1, 0.15) is 245 Å². The molecule has 0 aliphatic heterocycles. The summed E-state index contributed by atoms with van der Waals surface area (Å²) in [5, 5.41) is 0. The zero-order valence-corrected chi connectivity index (χ0v) is 33.6. The molecule has 0 rings (SSSR count). The van der Waals surface area contributed by atoms with Crippen molar-refractivity contribution in [3.63, 3.8) is 0 Å². The topological polar surface area (TPSA) is 52.6 Å². The number of carbonyl (C=O) groups is 2. The molecular weight excluding hydrogens is 597 g/mol. The summed E-state index contributed by atoms with van der Waals surface area (Å²) in [7, 11) is -2.83. The van der Waals surface area contributed by atoms with Gasteiger partial charge in [0.05, 0.1) is 0 Å². The quantitative estimate of drug-likeness (QED) is 0.0481. The molecule has 5 heteroatoms. The van der Waals surface area contributed by atoms with Gasteiger partial charge in [0, 0.05) is 25.4 Å². The van der Waals surface area contributed by atoms with Gasteiger partial charge in [0.2, 0.25) is 0 Å². The van der Waals surface area contributed by atoms with Crippen molar-refractivity contribution in [2.24, 2.45) is 0 Å². The molecule has 0 atom stereocenters. The minimum Gasteiger partial charge on any atom is -0.485 e. The number of unbranched alkanes of at least 4 members (excludes halogenated alkanes) is 30. The lowest BCUT2D eigenvalue weighted by atomic mass is 10.0. The summed E-state index contributed by atoms with van der Waals surface area (Å²) in [5.74, 6) is -0.324. The molecule has 0 aromatic heterocycles. The highest BCUT2D eigenvalue weighted by Crippen LogP contribution is 2.22. The highest BCUT2D eigenvalue weighted by atomic mass is 28.4. The Bertz CT molecular complexity index is 619. The SMILES string of the molecule is CCCCCCCCCCCCCCCCCC(=O)O[Si](C)(CCCCC)OC(=O)CCCCCCCCCCCCCCCCC. The molecule has 0 aliphatic carbocycles. The van der Waals surface area contributed by atoms with Crippen molar-refractivity contribution in [1.82, 2.24) is 0 Å². The minimum atomic E-state index is -2.83. The lowest BCUT2D eigenvalue weighted by Crippen LogP contribution is -2.42. The molecule has 0 fully saturated rings. The third-order valence-electron chi connectivity index (χ3n) is 9.86. The van der Waals surface area contributed by atoms with Gasteiger partial charge < -0.3 is 8.85 Å². The van der Waals surface area contributed by atoms with Crippen molar-refractivity contribution < 1.29 is 18.4 Å².